The van der Waals surface area contributed by atoms with Crippen molar-refractivity contribution in [3.8, 4) is 5.75 Å². The maximum absolute atomic E-state index is 13.0. The van der Waals surface area contributed by atoms with Crippen LogP contribution in [-0.4, -0.2) is 22.6 Å². The normalized spacial score (nSPS) is 11.2. The first-order valence-corrected chi connectivity index (χ1v) is 10.0. The van der Waals surface area contributed by atoms with Gasteiger partial charge in [-0.1, -0.05) is 13.3 Å². The zero-order valence-electron chi connectivity index (χ0n) is 17.8. The second kappa shape index (κ2) is 8.55. The smallest absolute Gasteiger partial charge is 0.253 e. The summed E-state index contributed by atoms with van der Waals surface area (Å²) in [5, 5.41) is 3.77. The zero-order valence-corrected chi connectivity index (χ0v) is 17.8. The van der Waals surface area contributed by atoms with Crippen molar-refractivity contribution in [3.05, 3.63) is 63.2 Å². The number of nitrogens with zero attached hydrogens (tertiary/aromatic N) is 1. The maximum atomic E-state index is 13.0. The fourth-order valence-electron chi connectivity index (χ4n) is 3.78. The Morgan fingerprint density at radius 2 is 2.03 bits per heavy atom. The van der Waals surface area contributed by atoms with E-state index in [0.29, 0.717) is 11.1 Å². The van der Waals surface area contributed by atoms with Crippen LogP contribution in [0, 0.1) is 6.92 Å². The molecule has 0 spiro atoms. The predicted octanol–water partition coefficient (Wildman–Crippen LogP) is 4.11. The minimum atomic E-state index is -0.207. The second-order valence-electron chi connectivity index (χ2n) is 7.61. The molecule has 0 fully saturated rings. The molecule has 0 aliphatic carbocycles. The molecule has 6 nitrogen and oxygen atoms in total. The molecule has 0 aliphatic rings. The third kappa shape index (κ3) is 4.06. The van der Waals surface area contributed by atoms with E-state index in [1.165, 1.54) is 0 Å². The third-order valence-corrected chi connectivity index (χ3v) is 5.17. The summed E-state index contributed by atoms with van der Waals surface area (Å²) in [6.07, 6.45) is 3.71. The molecule has 154 valence electrons. The number of nitrogens with one attached hydrogen (secondary N) is 2. The summed E-state index contributed by atoms with van der Waals surface area (Å²) < 4.78 is 7.60. The van der Waals surface area contributed by atoms with E-state index in [-0.39, 0.29) is 24.1 Å². The van der Waals surface area contributed by atoms with Crippen molar-refractivity contribution in [3.63, 3.8) is 0 Å². The summed E-state index contributed by atoms with van der Waals surface area (Å²) in [6, 6.07) is 7.75. The topological polar surface area (TPSA) is 76.1 Å². The molecule has 6 heteroatoms. The predicted molar refractivity (Wildman–Crippen MR) is 116 cm³/mol. The zero-order chi connectivity index (χ0) is 21.1. The van der Waals surface area contributed by atoms with Crippen LogP contribution in [0.5, 0.6) is 5.75 Å². The van der Waals surface area contributed by atoms with E-state index < -0.39 is 0 Å². The number of rotatable bonds is 7. The molecule has 3 aromatic rings. The first kappa shape index (κ1) is 20.7. The van der Waals surface area contributed by atoms with Crippen molar-refractivity contribution in [2.45, 2.75) is 53.1 Å². The lowest BCUT2D eigenvalue weighted by Crippen LogP contribution is -2.28. The summed E-state index contributed by atoms with van der Waals surface area (Å²) in [5.41, 5.74) is 3.77. The molecule has 29 heavy (non-hydrogen) atoms. The van der Waals surface area contributed by atoms with Crippen LogP contribution in [0.4, 0.5) is 0 Å². The molecule has 0 saturated heterocycles. The number of pyridine rings is 1. The molecular formula is C23H29N3O3. The standard InChI is InChI=1S/C23H29N3O3/c1-6-7-16-12-15(4)25-23(28)19(16)13-24-22(27)18-8-9-20(29-5)21-17(18)10-11-26(21)14(2)3/h8-12,14H,6-7,13H2,1-5H3,(H,24,27)(H,25,28). The van der Waals surface area contributed by atoms with Gasteiger partial charge in [-0.15, -0.1) is 0 Å². The molecule has 0 saturated carbocycles. The van der Waals surface area contributed by atoms with E-state index in [0.717, 1.165) is 40.8 Å². The lowest BCUT2D eigenvalue weighted by molar-refractivity contribution is 0.0952. The Morgan fingerprint density at radius 3 is 2.69 bits per heavy atom. The highest BCUT2D eigenvalue weighted by Gasteiger charge is 2.18. The number of hydrogen-bond donors (Lipinski definition) is 2. The second-order valence-corrected chi connectivity index (χ2v) is 7.61. The van der Waals surface area contributed by atoms with Crippen molar-refractivity contribution in [2.75, 3.05) is 7.11 Å². The van der Waals surface area contributed by atoms with Gasteiger partial charge in [-0.2, -0.15) is 0 Å². The molecule has 2 aromatic heterocycles. The van der Waals surface area contributed by atoms with Gasteiger partial charge in [0, 0.05) is 41.0 Å². The Balaban J connectivity index is 1.93. The highest BCUT2D eigenvalue weighted by atomic mass is 16.5. The quantitative estimate of drug-likeness (QED) is 0.632. The van der Waals surface area contributed by atoms with Gasteiger partial charge < -0.3 is 19.6 Å². The van der Waals surface area contributed by atoms with Crippen molar-refractivity contribution >= 4 is 16.8 Å². The van der Waals surface area contributed by atoms with Gasteiger partial charge in [0.15, 0.2) is 0 Å². The van der Waals surface area contributed by atoms with Gasteiger partial charge >= 0.3 is 0 Å². The summed E-state index contributed by atoms with van der Waals surface area (Å²) >= 11 is 0. The van der Waals surface area contributed by atoms with E-state index in [1.807, 2.05) is 31.3 Å². The van der Waals surface area contributed by atoms with Gasteiger partial charge in [0.1, 0.15) is 5.75 Å². The van der Waals surface area contributed by atoms with Crippen LogP contribution in [0.3, 0.4) is 0 Å². The van der Waals surface area contributed by atoms with Gasteiger partial charge in [0.2, 0.25) is 0 Å². The average Bonchev–Trinajstić information content (AvgIpc) is 3.12. The van der Waals surface area contributed by atoms with Crippen molar-refractivity contribution in [1.29, 1.82) is 0 Å². The molecule has 2 heterocycles. The Labute approximate surface area is 170 Å². The lowest BCUT2D eigenvalue weighted by Gasteiger charge is -2.14. The number of carbonyl (C=O) groups excluding carboxylic acids is 1. The van der Waals surface area contributed by atoms with E-state index in [4.69, 9.17) is 4.74 Å². The van der Waals surface area contributed by atoms with Crippen LogP contribution >= 0.6 is 0 Å². The van der Waals surface area contributed by atoms with E-state index in [9.17, 15) is 9.59 Å². The van der Waals surface area contributed by atoms with Gasteiger partial charge in [-0.3, -0.25) is 9.59 Å². The monoisotopic (exact) mass is 395 g/mol. The number of aromatic amines is 1. The van der Waals surface area contributed by atoms with Crippen LogP contribution < -0.4 is 15.6 Å². The Bertz CT molecular complexity index is 1090. The van der Waals surface area contributed by atoms with Gasteiger partial charge in [-0.05, 0) is 57.0 Å². The Morgan fingerprint density at radius 1 is 1.28 bits per heavy atom. The fraction of sp³-hybridized carbons (Fsp3) is 0.391. The van der Waals surface area contributed by atoms with Crippen LogP contribution in [0.25, 0.3) is 10.9 Å². The molecule has 0 radical (unpaired) electrons. The minimum absolute atomic E-state index is 0.139. The van der Waals surface area contributed by atoms with Crippen molar-refractivity contribution in [1.82, 2.24) is 14.9 Å². The summed E-state index contributed by atoms with van der Waals surface area (Å²) in [6.45, 7) is 8.32. The van der Waals surface area contributed by atoms with Crippen molar-refractivity contribution in [2.24, 2.45) is 0 Å². The number of H-pyrrole nitrogens is 1. The Hall–Kier alpha value is -3.02. The number of hydrogen-bond acceptors (Lipinski definition) is 3. The molecule has 0 atom stereocenters. The first-order chi connectivity index (χ1) is 13.9. The summed E-state index contributed by atoms with van der Waals surface area (Å²) in [5.74, 6) is 0.525. The number of carbonyl (C=O) groups is 1. The van der Waals surface area contributed by atoms with Gasteiger partial charge in [0.05, 0.1) is 12.6 Å². The fourth-order valence-corrected chi connectivity index (χ4v) is 3.78. The molecule has 3 rings (SSSR count). The van der Waals surface area contributed by atoms with Crippen LogP contribution in [-0.2, 0) is 13.0 Å². The Kier molecular flexibility index (Phi) is 6.11. The number of methoxy groups -OCH3 is 1. The van der Waals surface area contributed by atoms with Gasteiger partial charge in [-0.25, -0.2) is 0 Å². The van der Waals surface area contributed by atoms with Crippen molar-refractivity contribution < 1.29 is 9.53 Å². The van der Waals surface area contributed by atoms with E-state index >= 15 is 0 Å². The first-order valence-electron chi connectivity index (χ1n) is 10.0. The minimum Gasteiger partial charge on any atom is -0.495 e. The number of fused-ring (bicyclic) bond motifs is 1. The van der Waals surface area contributed by atoms with Crippen LogP contribution in [0.1, 0.15) is 60.4 Å². The molecule has 0 unspecified atom stereocenters. The van der Waals surface area contributed by atoms with Gasteiger partial charge in [0.25, 0.3) is 11.5 Å². The molecule has 2 N–H and O–H groups in total. The number of ether oxygens (including phenoxy) is 1. The number of benzene rings is 1. The largest absolute Gasteiger partial charge is 0.495 e. The van der Waals surface area contributed by atoms with E-state index in [1.54, 1.807) is 13.2 Å². The highest BCUT2D eigenvalue weighted by Crippen LogP contribution is 2.31. The number of amides is 1. The number of aromatic nitrogens is 2. The molecule has 0 aliphatic heterocycles. The molecule has 1 amide bonds. The van der Waals surface area contributed by atoms with Crippen LogP contribution in [0.15, 0.2) is 35.3 Å². The third-order valence-electron chi connectivity index (χ3n) is 5.17. The summed E-state index contributed by atoms with van der Waals surface area (Å²) in [4.78, 5) is 28.3. The molecule has 0 bridgehead atoms. The molecular weight excluding hydrogens is 366 g/mol. The average molecular weight is 396 g/mol. The van der Waals surface area contributed by atoms with Crippen LogP contribution in [0.2, 0.25) is 0 Å². The highest BCUT2D eigenvalue weighted by molar-refractivity contribution is 6.08. The molecule has 1 aromatic carbocycles. The lowest BCUT2D eigenvalue weighted by atomic mass is 10.0. The SMILES string of the molecule is CCCc1cc(C)[nH]c(=O)c1CNC(=O)c1ccc(OC)c2c1ccn2C(C)C. The number of aryl methyl sites for hydroxylation is 2. The van der Waals surface area contributed by atoms with E-state index in [2.05, 4.69) is 35.6 Å². The summed E-state index contributed by atoms with van der Waals surface area (Å²) in [7, 11) is 1.63. The maximum Gasteiger partial charge on any atom is 0.253 e.